The quantitative estimate of drug-likeness (QED) is 0.719. The number of carbonyl (C=O) groups is 1. The molecule has 8 nitrogen and oxygen atoms in total. The number of pyridine rings is 1. The zero-order chi connectivity index (χ0) is 22.2. The number of alkyl halides is 1. The van der Waals surface area contributed by atoms with Crippen LogP contribution in [0.15, 0.2) is 21.5 Å². The number of halogens is 2. The predicted molar refractivity (Wildman–Crippen MR) is 110 cm³/mol. The lowest BCUT2D eigenvalue weighted by atomic mass is 9.98. The summed E-state index contributed by atoms with van der Waals surface area (Å²) in [5.74, 6) is -1.75. The fraction of sp³-hybridized carbons (Fsp3) is 0.632. The first-order chi connectivity index (χ1) is 14.0. The highest BCUT2D eigenvalue weighted by Gasteiger charge is 2.47. The van der Waals surface area contributed by atoms with E-state index in [-0.39, 0.29) is 29.5 Å². The Balaban J connectivity index is 2.15. The number of aliphatic imine (C=N–C) groups is 1. The summed E-state index contributed by atoms with van der Waals surface area (Å²) in [5, 5.41) is 0. The molecule has 3 heterocycles. The van der Waals surface area contributed by atoms with Crippen LogP contribution >= 0.6 is 0 Å². The summed E-state index contributed by atoms with van der Waals surface area (Å²) in [5.41, 5.74) is 2.72. The van der Waals surface area contributed by atoms with Crippen LogP contribution in [0.2, 0.25) is 0 Å². The second kappa shape index (κ2) is 8.09. The molecular weight excluding hydrogens is 416 g/mol. The molecule has 0 radical (unpaired) electrons. The van der Waals surface area contributed by atoms with Crippen molar-refractivity contribution in [2.75, 3.05) is 31.3 Å². The van der Waals surface area contributed by atoms with Crippen molar-refractivity contribution in [3.63, 3.8) is 0 Å². The van der Waals surface area contributed by atoms with Gasteiger partial charge in [-0.05, 0) is 45.7 Å². The Kier molecular flexibility index (Phi) is 6.03. The van der Waals surface area contributed by atoms with Crippen LogP contribution in [0.4, 0.5) is 14.6 Å². The molecule has 0 aromatic carbocycles. The largest absolute Gasteiger partial charge is 0.460 e. The van der Waals surface area contributed by atoms with Gasteiger partial charge < -0.3 is 10.5 Å². The molecule has 0 bridgehead atoms. The molecular formula is C19H27F2N5O3S. The van der Waals surface area contributed by atoms with E-state index in [1.807, 2.05) is 0 Å². The maximum absolute atomic E-state index is 14.6. The van der Waals surface area contributed by atoms with Crippen LogP contribution in [0, 0.1) is 5.82 Å². The standard InChI is InChI=1S/C19H27F2N5O3S/c1-18(2,3)29-16(27)10-15-25-19(11-20,17-13(21)6-7-14(22)24-17)12-30(28)23-8-4-5-9-26(15)30/h6-7H,4-5,8-12H2,1-3H3,(H2,22,24)/t19-,30-/m0/s1. The molecule has 0 saturated carbocycles. The number of carbonyl (C=O) groups excluding carboxylic acids is 1. The van der Waals surface area contributed by atoms with Crippen LogP contribution in [-0.2, 0) is 25.0 Å². The van der Waals surface area contributed by atoms with E-state index >= 15 is 0 Å². The van der Waals surface area contributed by atoms with Crippen LogP contribution in [0.3, 0.4) is 0 Å². The first-order valence-electron chi connectivity index (χ1n) is 9.75. The van der Waals surface area contributed by atoms with Gasteiger partial charge >= 0.3 is 5.97 Å². The maximum Gasteiger partial charge on any atom is 0.313 e. The van der Waals surface area contributed by atoms with Crippen molar-refractivity contribution < 1.29 is 22.5 Å². The van der Waals surface area contributed by atoms with Gasteiger partial charge in [0.25, 0.3) is 0 Å². The van der Waals surface area contributed by atoms with Crippen molar-refractivity contribution >= 4 is 27.5 Å². The molecule has 3 rings (SSSR count). The minimum atomic E-state index is -3.17. The lowest BCUT2D eigenvalue weighted by molar-refractivity contribution is -0.153. The molecule has 2 N–H and O–H groups in total. The van der Waals surface area contributed by atoms with Gasteiger partial charge in [-0.15, -0.1) is 0 Å². The molecule has 2 atom stereocenters. The normalized spacial score (nSPS) is 26.8. The van der Waals surface area contributed by atoms with Gasteiger partial charge in [-0.1, -0.05) is 0 Å². The van der Waals surface area contributed by atoms with Gasteiger partial charge in [0, 0.05) is 6.54 Å². The van der Waals surface area contributed by atoms with Crippen LogP contribution in [0.5, 0.6) is 0 Å². The molecule has 1 aromatic heterocycles. The van der Waals surface area contributed by atoms with E-state index in [4.69, 9.17) is 10.5 Å². The second-order valence-electron chi connectivity index (χ2n) is 8.44. The Hall–Kier alpha value is -2.30. The maximum atomic E-state index is 14.6. The average Bonchev–Trinajstić information content (AvgIpc) is 2.83. The van der Waals surface area contributed by atoms with E-state index in [2.05, 4.69) is 14.3 Å². The van der Waals surface area contributed by atoms with Gasteiger partial charge in [-0.2, -0.15) is 0 Å². The molecule has 0 aliphatic carbocycles. The molecule has 0 unspecified atom stereocenters. The van der Waals surface area contributed by atoms with Crippen molar-refractivity contribution in [3.8, 4) is 0 Å². The highest BCUT2D eigenvalue weighted by molar-refractivity contribution is 7.92. The Bertz CT molecular complexity index is 985. The van der Waals surface area contributed by atoms with Gasteiger partial charge in [0.05, 0.1) is 12.3 Å². The SMILES string of the molecule is CC(C)(C)OC(=O)CC1=N[C@](CF)(c2nc(N)ccc2F)C[S@]2(=O)=NCCCCN12. The molecule has 166 valence electrons. The lowest BCUT2D eigenvalue weighted by Crippen LogP contribution is -2.52. The van der Waals surface area contributed by atoms with E-state index in [0.717, 1.165) is 6.07 Å². The highest BCUT2D eigenvalue weighted by Crippen LogP contribution is 2.37. The van der Waals surface area contributed by atoms with E-state index in [0.29, 0.717) is 25.9 Å². The molecule has 0 spiro atoms. The monoisotopic (exact) mass is 443 g/mol. The molecule has 0 fully saturated rings. The zero-order valence-electron chi connectivity index (χ0n) is 17.4. The number of nitrogen functional groups attached to an aromatic ring is 1. The average molecular weight is 444 g/mol. The fourth-order valence-electron chi connectivity index (χ4n) is 3.52. The van der Waals surface area contributed by atoms with Crippen LogP contribution in [-0.4, -0.2) is 56.4 Å². The highest BCUT2D eigenvalue weighted by atomic mass is 32.2. The van der Waals surface area contributed by atoms with Gasteiger partial charge in [0.15, 0.2) is 0 Å². The van der Waals surface area contributed by atoms with Crippen LogP contribution < -0.4 is 5.73 Å². The van der Waals surface area contributed by atoms with Crippen molar-refractivity contribution in [2.24, 2.45) is 9.36 Å². The summed E-state index contributed by atoms with van der Waals surface area (Å²) in [6, 6.07) is 2.32. The lowest BCUT2D eigenvalue weighted by Gasteiger charge is -2.39. The summed E-state index contributed by atoms with van der Waals surface area (Å²) in [7, 11) is -3.17. The molecule has 2 aliphatic rings. The van der Waals surface area contributed by atoms with Gasteiger partial charge in [-0.25, -0.2) is 22.3 Å². The van der Waals surface area contributed by atoms with E-state index < -0.39 is 39.5 Å². The molecule has 2 aliphatic heterocycles. The fourth-order valence-corrected chi connectivity index (χ4v) is 6.07. The van der Waals surface area contributed by atoms with Crippen molar-refractivity contribution in [1.29, 1.82) is 0 Å². The zero-order valence-corrected chi connectivity index (χ0v) is 18.2. The minimum Gasteiger partial charge on any atom is -0.460 e. The number of nitrogens with two attached hydrogens (primary N) is 1. The number of amidine groups is 1. The van der Waals surface area contributed by atoms with Gasteiger partial charge in [0.2, 0.25) is 0 Å². The number of aromatic nitrogens is 1. The Morgan fingerprint density at radius 1 is 1.37 bits per heavy atom. The van der Waals surface area contributed by atoms with Crippen molar-refractivity contribution in [1.82, 2.24) is 9.29 Å². The Morgan fingerprint density at radius 3 is 2.77 bits per heavy atom. The summed E-state index contributed by atoms with van der Waals surface area (Å²) >= 11 is 0. The van der Waals surface area contributed by atoms with Crippen molar-refractivity contribution in [2.45, 2.75) is 51.2 Å². The summed E-state index contributed by atoms with van der Waals surface area (Å²) in [6.07, 6.45) is 1.04. The molecule has 0 amide bonds. The topological polar surface area (TPSA) is 110 Å². The summed E-state index contributed by atoms with van der Waals surface area (Å²) in [6.45, 7) is 4.66. The molecule has 30 heavy (non-hydrogen) atoms. The number of ether oxygens (including phenoxy) is 1. The first-order valence-corrected chi connectivity index (χ1v) is 11.4. The summed E-state index contributed by atoms with van der Waals surface area (Å²) < 4.78 is 54.1. The Morgan fingerprint density at radius 2 is 2.10 bits per heavy atom. The van der Waals surface area contributed by atoms with Gasteiger partial charge in [0.1, 0.15) is 57.3 Å². The number of fused-ring (bicyclic) bond motifs is 1. The molecule has 0 saturated heterocycles. The Labute approximate surface area is 175 Å². The van der Waals surface area contributed by atoms with Crippen LogP contribution in [0.1, 0.15) is 45.7 Å². The van der Waals surface area contributed by atoms with Gasteiger partial charge in [-0.3, -0.25) is 14.1 Å². The predicted octanol–water partition coefficient (Wildman–Crippen LogP) is 2.59. The van der Waals surface area contributed by atoms with E-state index in [1.165, 1.54) is 10.4 Å². The first kappa shape index (κ1) is 22.4. The minimum absolute atomic E-state index is 0.0155. The van der Waals surface area contributed by atoms with Crippen LogP contribution in [0.25, 0.3) is 0 Å². The number of nitrogens with zero attached hydrogens (tertiary/aromatic N) is 4. The third kappa shape index (κ3) is 4.55. The molecule has 11 heteroatoms. The second-order valence-corrected chi connectivity index (χ2v) is 10.6. The number of hydrogen-bond acceptors (Lipinski definition) is 7. The summed E-state index contributed by atoms with van der Waals surface area (Å²) in [4.78, 5) is 20.9. The molecule has 1 aromatic rings. The smallest absolute Gasteiger partial charge is 0.313 e. The number of hydrogen-bond donors (Lipinski definition) is 1. The third-order valence-electron chi connectivity index (χ3n) is 4.72. The third-order valence-corrected chi connectivity index (χ3v) is 7.24. The number of rotatable bonds is 4. The van der Waals surface area contributed by atoms with E-state index in [1.54, 1.807) is 20.8 Å². The van der Waals surface area contributed by atoms with Crippen molar-refractivity contribution in [3.05, 3.63) is 23.6 Å². The van der Waals surface area contributed by atoms with E-state index in [9.17, 15) is 17.8 Å². The number of anilines is 1. The number of esters is 1.